The van der Waals surface area contributed by atoms with Crippen LogP contribution in [0, 0.1) is 12.7 Å². The Bertz CT molecular complexity index is 1170. The highest BCUT2D eigenvalue weighted by Gasteiger charge is 2.28. The summed E-state index contributed by atoms with van der Waals surface area (Å²) in [7, 11) is 0. The predicted molar refractivity (Wildman–Crippen MR) is 140 cm³/mol. The van der Waals surface area contributed by atoms with Gasteiger partial charge in [-0.05, 0) is 68.0 Å². The molecule has 0 radical (unpaired) electrons. The molecule has 7 nitrogen and oxygen atoms in total. The molecule has 8 heteroatoms. The summed E-state index contributed by atoms with van der Waals surface area (Å²) in [6.07, 6.45) is 4.81. The van der Waals surface area contributed by atoms with E-state index in [4.69, 9.17) is 9.97 Å². The number of nitrogens with one attached hydrogen (secondary N) is 1. The fourth-order valence-electron chi connectivity index (χ4n) is 5.97. The standard InChI is InChI=1S/C27H36FN7/c1-20-23-25(33-12-2-3-13-33)30-27(34-14-4-5-15-34)31-26(23)35(19-18-32-16-10-29-11-17-32)24(20)21-6-8-22(28)9-7-21/h6-9,29H,2-5,10-19H2,1H3. The van der Waals surface area contributed by atoms with Gasteiger partial charge < -0.3 is 19.7 Å². The minimum absolute atomic E-state index is 0.205. The van der Waals surface area contributed by atoms with E-state index in [0.717, 1.165) is 99.5 Å². The van der Waals surface area contributed by atoms with E-state index in [-0.39, 0.29) is 5.82 Å². The number of hydrogen-bond acceptors (Lipinski definition) is 6. The van der Waals surface area contributed by atoms with E-state index in [1.807, 2.05) is 12.1 Å². The molecule has 0 spiro atoms. The van der Waals surface area contributed by atoms with Gasteiger partial charge in [0.15, 0.2) is 0 Å². The Morgan fingerprint density at radius 2 is 1.49 bits per heavy atom. The van der Waals surface area contributed by atoms with E-state index in [1.54, 1.807) is 12.1 Å². The molecular formula is C27H36FN7. The van der Waals surface area contributed by atoms with Gasteiger partial charge in [-0.25, -0.2) is 4.39 Å². The smallest absolute Gasteiger partial charge is 0.229 e. The Balaban J connectivity index is 1.52. The van der Waals surface area contributed by atoms with Crippen molar-refractivity contribution in [1.82, 2.24) is 24.8 Å². The van der Waals surface area contributed by atoms with Crippen LogP contribution in [0.3, 0.4) is 0 Å². The van der Waals surface area contributed by atoms with Crippen LogP contribution < -0.4 is 15.1 Å². The third-order valence-corrected chi connectivity index (χ3v) is 7.88. The number of anilines is 2. The number of aromatic nitrogens is 3. The molecule has 3 fully saturated rings. The molecule has 0 amide bonds. The molecule has 35 heavy (non-hydrogen) atoms. The summed E-state index contributed by atoms with van der Waals surface area (Å²) < 4.78 is 16.2. The molecule has 3 aromatic rings. The maximum Gasteiger partial charge on any atom is 0.229 e. The normalized spacial score (nSPS) is 19.4. The summed E-state index contributed by atoms with van der Waals surface area (Å²) in [5.41, 5.74) is 4.40. The van der Waals surface area contributed by atoms with Crippen LogP contribution in [-0.2, 0) is 6.54 Å². The number of nitrogens with zero attached hydrogens (tertiary/aromatic N) is 6. The molecule has 1 N–H and O–H groups in total. The molecular weight excluding hydrogens is 441 g/mol. The molecule has 3 aliphatic rings. The van der Waals surface area contributed by atoms with Crippen LogP contribution in [0.1, 0.15) is 31.2 Å². The number of benzene rings is 1. The van der Waals surface area contributed by atoms with Crippen molar-refractivity contribution in [2.75, 3.05) is 68.7 Å². The van der Waals surface area contributed by atoms with Gasteiger partial charge in [-0.15, -0.1) is 0 Å². The summed E-state index contributed by atoms with van der Waals surface area (Å²) >= 11 is 0. The van der Waals surface area contributed by atoms with Crippen molar-refractivity contribution in [3.8, 4) is 11.3 Å². The lowest BCUT2D eigenvalue weighted by molar-refractivity contribution is 0.233. The molecule has 3 saturated heterocycles. The molecule has 0 aliphatic carbocycles. The average molecular weight is 478 g/mol. The van der Waals surface area contributed by atoms with Gasteiger partial charge in [0.2, 0.25) is 5.95 Å². The summed E-state index contributed by atoms with van der Waals surface area (Å²) in [6, 6.07) is 6.94. The second-order valence-corrected chi connectivity index (χ2v) is 10.2. The fourth-order valence-corrected chi connectivity index (χ4v) is 5.97. The maximum atomic E-state index is 13.8. The van der Waals surface area contributed by atoms with E-state index in [1.165, 1.54) is 31.2 Å². The Morgan fingerprint density at radius 3 is 2.17 bits per heavy atom. The second-order valence-electron chi connectivity index (χ2n) is 10.2. The second kappa shape index (κ2) is 9.74. The van der Waals surface area contributed by atoms with Gasteiger partial charge in [-0.1, -0.05) is 0 Å². The Labute approximate surface area is 206 Å². The average Bonchev–Trinajstić information content (AvgIpc) is 3.65. The minimum atomic E-state index is -0.205. The fraction of sp³-hybridized carbons (Fsp3) is 0.556. The van der Waals surface area contributed by atoms with Crippen LogP contribution in [0.15, 0.2) is 24.3 Å². The topological polar surface area (TPSA) is 52.5 Å². The van der Waals surface area contributed by atoms with E-state index in [2.05, 4.69) is 31.5 Å². The van der Waals surface area contributed by atoms with Gasteiger partial charge >= 0.3 is 0 Å². The van der Waals surface area contributed by atoms with Crippen LogP contribution in [0.5, 0.6) is 0 Å². The predicted octanol–water partition coefficient (Wildman–Crippen LogP) is 3.65. The quantitative estimate of drug-likeness (QED) is 0.585. The number of fused-ring (bicyclic) bond motifs is 1. The summed E-state index contributed by atoms with van der Waals surface area (Å²) in [6.45, 7) is 12.4. The van der Waals surface area contributed by atoms with Crippen LogP contribution in [0.2, 0.25) is 0 Å². The molecule has 3 aliphatic heterocycles. The van der Waals surface area contributed by atoms with Crippen molar-refractivity contribution >= 4 is 22.8 Å². The zero-order valence-corrected chi connectivity index (χ0v) is 20.8. The van der Waals surface area contributed by atoms with Gasteiger partial charge in [0.05, 0.1) is 11.1 Å². The highest BCUT2D eigenvalue weighted by Crippen LogP contribution is 2.39. The lowest BCUT2D eigenvalue weighted by atomic mass is 10.1. The number of halogens is 1. The molecule has 0 saturated carbocycles. The largest absolute Gasteiger partial charge is 0.356 e. The molecule has 6 rings (SSSR count). The highest BCUT2D eigenvalue weighted by atomic mass is 19.1. The lowest BCUT2D eigenvalue weighted by Crippen LogP contribution is -2.44. The minimum Gasteiger partial charge on any atom is -0.356 e. The highest BCUT2D eigenvalue weighted by molar-refractivity contribution is 5.98. The Hall–Kier alpha value is -2.71. The molecule has 0 bridgehead atoms. The van der Waals surface area contributed by atoms with Gasteiger partial charge in [0.25, 0.3) is 0 Å². The van der Waals surface area contributed by atoms with E-state index < -0.39 is 0 Å². The summed E-state index contributed by atoms with van der Waals surface area (Å²) in [4.78, 5) is 17.7. The van der Waals surface area contributed by atoms with Crippen molar-refractivity contribution < 1.29 is 4.39 Å². The maximum absolute atomic E-state index is 13.8. The first-order valence-corrected chi connectivity index (χ1v) is 13.3. The van der Waals surface area contributed by atoms with Crippen molar-refractivity contribution in [2.45, 2.75) is 39.2 Å². The molecule has 5 heterocycles. The van der Waals surface area contributed by atoms with Crippen LogP contribution in [0.25, 0.3) is 22.3 Å². The summed E-state index contributed by atoms with van der Waals surface area (Å²) in [5, 5.41) is 4.61. The lowest BCUT2D eigenvalue weighted by Gasteiger charge is -2.27. The first-order valence-electron chi connectivity index (χ1n) is 13.3. The third kappa shape index (κ3) is 4.38. The monoisotopic (exact) mass is 477 g/mol. The van der Waals surface area contributed by atoms with Gasteiger partial charge in [-0.3, -0.25) is 4.90 Å². The zero-order valence-electron chi connectivity index (χ0n) is 20.8. The molecule has 2 aromatic heterocycles. The zero-order chi connectivity index (χ0) is 23.8. The number of aryl methyl sites for hydroxylation is 1. The van der Waals surface area contributed by atoms with Crippen molar-refractivity contribution in [3.63, 3.8) is 0 Å². The van der Waals surface area contributed by atoms with Gasteiger partial charge in [-0.2, -0.15) is 9.97 Å². The Morgan fingerprint density at radius 1 is 0.829 bits per heavy atom. The summed E-state index contributed by atoms with van der Waals surface area (Å²) in [5.74, 6) is 1.74. The van der Waals surface area contributed by atoms with Gasteiger partial charge in [0.1, 0.15) is 17.3 Å². The van der Waals surface area contributed by atoms with Crippen molar-refractivity contribution in [2.24, 2.45) is 0 Å². The number of rotatable bonds is 6. The van der Waals surface area contributed by atoms with E-state index >= 15 is 0 Å². The van der Waals surface area contributed by atoms with E-state index in [9.17, 15) is 4.39 Å². The first kappa shape index (κ1) is 22.7. The molecule has 0 atom stereocenters. The number of piperazine rings is 1. The van der Waals surface area contributed by atoms with E-state index in [0.29, 0.717) is 0 Å². The van der Waals surface area contributed by atoms with Crippen LogP contribution in [-0.4, -0.2) is 78.3 Å². The number of hydrogen-bond donors (Lipinski definition) is 1. The molecule has 0 unspecified atom stereocenters. The van der Waals surface area contributed by atoms with Gasteiger partial charge in [0, 0.05) is 65.4 Å². The van der Waals surface area contributed by atoms with Crippen molar-refractivity contribution in [1.29, 1.82) is 0 Å². The van der Waals surface area contributed by atoms with Crippen LogP contribution in [0.4, 0.5) is 16.2 Å². The Kier molecular flexibility index (Phi) is 6.33. The van der Waals surface area contributed by atoms with Crippen LogP contribution >= 0.6 is 0 Å². The molecule has 1 aromatic carbocycles. The SMILES string of the molecule is Cc1c(-c2ccc(F)cc2)n(CCN2CCNCC2)c2nc(N3CCCC3)nc(N3CCCC3)c12. The third-order valence-electron chi connectivity index (χ3n) is 7.88. The van der Waals surface area contributed by atoms with Crippen molar-refractivity contribution in [3.05, 3.63) is 35.6 Å². The first-order chi connectivity index (χ1) is 17.2. The molecule has 186 valence electrons.